The Kier molecular flexibility index (Phi) is 4.17. The Hall–Kier alpha value is -3.53. The van der Waals surface area contributed by atoms with Crippen molar-refractivity contribution >= 4 is 22.7 Å². The lowest BCUT2D eigenvalue weighted by Gasteiger charge is -2.37. The molecule has 1 aromatic carbocycles. The molecular formula is C20H23N9O. The minimum atomic E-state index is -0.182. The summed E-state index contributed by atoms with van der Waals surface area (Å²) in [6.07, 6.45) is 4.74. The van der Waals surface area contributed by atoms with Crippen molar-refractivity contribution < 1.29 is 4.42 Å². The third-order valence-corrected chi connectivity index (χ3v) is 5.67. The Morgan fingerprint density at radius 1 is 1.13 bits per heavy atom. The van der Waals surface area contributed by atoms with Crippen LogP contribution < -0.4 is 16.4 Å². The number of benzene rings is 1. The summed E-state index contributed by atoms with van der Waals surface area (Å²) in [6, 6.07) is 5.90. The summed E-state index contributed by atoms with van der Waals surface area (Å²) in [5.41, 5.74) is 16.3. The lowest BCUT2D eigenvalue weighted by molar-refractivity contribution is 0.363. The average Bonchev–Trinajstić information content (AvgIpc) is 3.38. The van der Waals surface area contributed by atoms with Crippen molar-refractivity contribution in [3.63, 3.8) is 0 Å². The van der Waals surface area contributed by atoms with E-state index in [0.717, 1.165) is 42.5 Å². The molecule has 1 fully saturated rings. The van der Waals surface area contributed by atoms with Crippen molar-refractivity contribution in [2.45, 2.75) is 25.3 Å². The fraction of sp³-hybridized carbons (Fsp3) is 0.350. The fourth-order valence-corrected chi connectivity index (χ4v) is 3.80. The van der Waals surface area contributed by atoms with Gasteiger partial charge in [0.05, 0.1) is 17.4 Å². The molecule has 4 aromatic rings. The lowest BCUT2D eigenvalue weighted by Crippen LogP contribution is -2.48. The van der Waals surface area contributed by atoms with E-state index in [1.165, 1.54) is 6.39 Å². The smallest absolute Gasteiger partial charge is 0.269 e. The van der Waals surface area contributed by atoms with Crippen LogP contribution in [0.25, 0.3) is 33.9 Å². The standard InChI is InChI=1S/C20H23N9O/c1-20(22)5-7-29(8-6-20)18-16(19-27-24-11-30-19)25-15(17(21)26-18)12-3-4-14-13(9-12)23-10-28(14)2/h3-4,9-11H,5-8,22H2,1-2H3,(H2,21,26). The van der Waals surface area contributed by atoms with Crippen LogP contribution in [0.3, 0.4) is 0 Å². The van der Waals surface area contributed by atoms with Crippen LogP contribution in [0.2, 0.25) is 0 Å². The predicted octanol–water partition coefficient (Wildman–Crippen LogP) is 1.98. The van der Waals surface area contributed by atoms with Crippen molar-refractivity contribution in [3.8, 4) is 22.8 Å². The molecule has 10 nitrogen and oxygen atoms in total. The van der Waals surface area contributed by atoms with Crippen molar-refractivity contribution in [1.82, 2.24) is 29.7 Å². The molecule has 1 aliphatic rings. The second-order valence-electron chi connectivity index (χ2n) is 8.07. The highest BCUT2D eigenvalue weighted by Crippen LogP contribution is 2.35. The van der Waals surface area contributed by atoms with Gasteiger partial charge in [0.25, 0.3) is 5.89 Å². The molecule has 154 valence electrons. The Morgan fingerprint density at radius 3 is 2.67 bits per heavy atom. The van der Waals surface area contributed by atoms with Gasteiger partial charge >= 0.3 is 0 Å². The molecule has 1 aliphatic heterocycles. The third-order valence-electron chi connectivity index (χ3n) is 5.67. The van der Waals surface area contributed by atoms with Gasteiger partial charge in [-0.2, -0.15) is 0 Å². The monoisotopic (exact) mass is 405 g/mol. The van der Waals surface area contributed by atoms with Gasteiger partial charge in [-0.25, -0.2) is 15.0 Å². The predicted molar refractivity (Wildman–Crippen MR) is 113 cm³/mol. The average molecular weight is 405 g/mol. The molecule has 5 rings (SSSR count). The zero-order valence-corrected chi connectivity index (χ0v) is 16.9. The van der Waals surface area contributed by atoms with E-state index in [9.17, 15) is 0 Å². The van der Waals surface area contributed by atoms with Gasteiger partial charge in [-0.15, -0.1) is 10.2 Å². The quantitative estimate of drug-likeness (QED) is 0.524. The Morgan fingerprint density at radius 2 is 1.93 bits per heavy atom. The molecule has 0 aliphatic carbocycles. The number of nitrogen functional groups attached to an aromatic ring is 1. The third kappa shape index (κ3) is 3.14. The maximum atomic E-state index is 6.37. The van der Waals surface area contributed by atoms with Gasteiger partial charge in [0.2, 0.25) is 6.39 Å². The molecular weight excluding hydrogens is 382 g/mol. The van der Waals surface area contributed by atoms with E-state index in [-0.39, 0.29) is 5.54 Å². The van der Waals surface area contributed by atoms with Crippen LogP contribution in [0.15, 0.2) is 35.3 Å². The molecule has 0 atom stereocenters. The van der Waals surface area contributed by atoms with E-state index in [1.807, 2.05) is 29.8 Å². The zero-order valence-electron chi connectivity index (χ0n) is 16.9. The molecule has 0 radical (unpaired) electrons. The molecule has 0 spiro atoms. The Labute approximate surface area is 172 Å². The van der Waals surface area contributed by atoms with Gasteiger partial charge in [0, 0.05) is 31.2 Å². The van der Waals surface area contributed by atoms with E-state index in [2.05, 4.69) is 27.0 Å². The molecule has 4 N–H and O–H groups in total. The van der Waals surface area contributed by atoms with Crippen LogP contribution in [0.1, 0.15) is 19.8 Å². The van der Waals surface area contributed by atoms with Crippen molar-refractivity contribution in [2.24, 2.45) is 12.8 Å². The zero-order chi connectivity index (χ0) is 20.9. The number of hydrogen-bond acceptors (Lipinski definition) is 9. The Bertz CT molecular complexity index is 1200. The van der Waals surface area contributed by atoms with E-state index in [4.69, 9.17) is 25.9 Å². The maximum absolute atomic E-state index is 6.37. The second kappa shape index (κ2) is 6.77. The summed E-state index contributed by atoms with van der Waals surface area (Å²) in [4.78, 5) is 16.1. The Balaban J connectivity index is 1.62. The van der Waals surface area contributed by atoms with Gasteiger partial charge in [0.1, 0.15) is 5.69 Å². The summed E-state index contributed by atoms with van der Waals surface area (Å²) in [7, 11) is 1.95. The van der Waals surface area contributed by atoms with Crippen molar-refractivity contribution in [2.75, 3.05) is 23.7 Å². The van der Waals surface area contributed by atoms with Gasteiger partial charge in [-0.05, 0) is 31.9 Å². The summed E-state index contributed by atoms with van der Waals surface area (Å²) in [6.45, 7) is 3.57. The highest BCUT2D eigenvalue weighted by Gasteiger charge is 2.30. The molecule has 10 heteroatoms. The van der Waals surface area contributed by atoms with Crippen LogP contribution >= 0.6 is 0 Å². The number of rotatable bonds is 3. The number of anilines is 2. The number of piperidine rings is 1. The molecule has 0 saturated carbocycles. The molecule has 0 amide bonds. The number of hydrogen-bond donors (Lipinski definition) is 2. The molecule has 3 aromatic heterocycles. The SMILES string of the molecule is Cn1cnc2cc(-c3nc(-c4nnco4)c(N4CCC(C)(N)CC4)nc3N)ccc21. The minimum absolute atomic E-state index is 0.182. The van der Waals surface area contributed by atoms with E-state index in [0.29, 0.717) is 28.9 Å². The van der Waals surface area contributed by atoms with Gasteiger partial charge in [0.15, 0.2) is 17.3 Å². The summed E-state index contributed by atoms with van der Waals surface area (Å²) >= 11 is 0. The van der Waals surface area contributed by atoms with Crippen LogP contribution in [0, 0.1) is 0 Å². The minimum Gasteiger partial charge on any atom is -0.422 e. The van der Waals surface area contributed by atoms with Crippen molar-refractivity contribution in [3.05, 3.63) is 30.9 Å². The summed E-state index contributed by atoms with van der Waals surface area (Å²) in [5.74, 6) is 1.28. The first kappa shape index (κ1) is 18.5. The van der Waals surface area contributed by atoms with Gasteiger partial charge < -0.3 is 25.4 Å². The molecule has 0 unspecified atom stereocenters. The van der Waals surface area contributed by atoms with Crippen LogP contribution in [-0.2, 0) is 7.05 Å². The lowest BCUT2D eigenvalue weighted by atomic mass is 9.91. The first-order valence-corrected chi connectivity index (χ1v) is 9.81. The number of aromatic nitrogens is 6. The topological polar surface area (TPSA) is 138 Å². The van der Waals surface area contributed by atoms with E-state index < -0.39 is 0 Å². The van der Waals surface area contributed by atoms with Crippen LogP contribution in [0.4, 0.5) is 11.6 Å². The molecule has 0 bridgehead atoms. The fourth-order valence-electron chi connectivity index (χ4n) is 3.80. The normalized spacial score (nSPS) is 16.3. The molecule has 30 heavy (non-hydrogen) atoms. The first-order chi connectivity index (χ1) is 14.4. The van der Waals surface area contributed by atoms with Gasteiger partial charge in [-0.1, -0.05) is 6.07 Å². The number of aryl methyl sites for hydroxylation is 1. The number of nitrogens with zero attached hydrogens (tertiary/aromatic N) is 7. The summed E-state index contributed by atoms with van der Waals surface area (Å²) in [5, 5.41) is 7.87. The largest absolute Gasteiger partial charge is 0.422 e. The number of imidazole rings is 1. The summed E-state index contributed by atoms with van der Waals surface area (Å²) < 4.78 is 7.42. The number of nitrogens with two attached hydrogens (primary N) is 2. The molecule has 4 heterocycles. The maximum Gasteiger partial charge on any atom is 0.269 e. The number of fused-ring (bicyclic) bond motifs is 1. The second-order valence-corrected chi connectivity index (χ2v) is 8.07. The van der Waals surface area contributed by atoms with Crippen LogP contribution in [0.5, 0.6) is 0 Å². The van der Waals surface area contributed by atoms with Crippen LogP contribution in [-0.4, -0.2) is 48.3 Å². The van der Waals surface area contributed by atoms with E-state index in [1.54, 1.807) is 6.33 Å². The highest BCUT2D eigenvalue weighted by atomic mass is 16.4. The highest BCUT2D eigenvalue weighted by molar-refractivity contribution is 5.85. The first-order valence-electron chi connectivity index (χ1n) is 9.81. The van der Waals surface area contributed by atoms with Gasteiger partial charge in [-0.3, -0.25) is 0 Å². The molecule has 1 saturated heterocycles. The van der Waals surface area contributed by atoms with Crippen molar-refractivity contribution in [1.29, 1.82) is 0 Å². The van der Waals surface area contributed by atoms with E-state index >= 15 is 0 Å².